The first kappa shape index (κ1) is 17.4. The lowest BCUT2D eigenvalue weighted by Crippen LogP contribution is -2.20. The van der Waals surface area contributed by atoms with Gasteiger partial charge in [0, 0.05) is 26.0 Å². The van der Waals surface area contributed by atoms with Crippen LogP contribution in [0.2, 0.25) is 0 Å². The highest BCUT2D eigenvalue weighted by molar-refractivity contribution is 5.86. The number of pyridine rings is 1. The number of nitrogens with zero attached hydrogens (tertiary/aromatic N) is 4. The van der Waals surface area contributed by atoms with Gasteiger partial charge in [0.2, 0.25) is 0 Å². The predicted octanol–water partition coefficient (Wildman–Crippen LogP) is 3.41. The van der Waals surface area contributed by atoms with Crippen LogP contribution in [0.3, 0.4) is 0 Å². The molecule has 0 aliphatic rings. The van der Waals surface area contributed by atoms with E-state index in [1.807, 2.05) is 13.0 Å². The highest BCUT2D eigenvalue weighted by Gasteiger charge is 2.18. The van der Waals surface area contributed by atoms with Crippen molar-refractivity contribution in [3.63, 3.8) is 0 Å². The topological polar surface area (TPSA) is 61.4 Å². The van der Waals surface area contributed by atoms with Gasteiger partial charge in [0.05, 0.1) is 28.8 Å². The number of aromatic nitrogens is 4. The third-order valence-corrected chi connectivity index (χ3v) is 4.54. The number of hydrogen-bond acceptors (Lipinski definition) is 4. The fourth-order valence-corrected chi connectivity index (χ4v) is 3.32. The molecule has 4 aromatic rings. The molecule has 0 N–H and O–H groups in total. The van der Waals surface area contributed by atoms with Crippen molar-refractivity contribution in [2.24, 2.45) is 0 Å². The minimum Gasteiger partial charge on any atom is -0.378 e. The van der Waals surface area contributed by atoms with Crippen LogP contribution in [0.5, 0.6) is 0 Å². The van der Waals surface area contributed by atoms with E-state index in [0.29, 0.717) is 28.8 Å². The molecular formula is C20H19FN4O2. The first-order chi connectivity index (χ1) is 13.1. The van der Waals surface area contributed by atoms with Gasteiger partial charge in [-0.05, 0) is 30.2 Å². The van der Waals surface area contributed by atoms with Crippen molar-refractivity contribution in [1.29, 1.82) is 0 Å². The zero-order valence-corrected chi connectivity index (χ0v) is 15.1. The molecule has 7 heteroatoms. The SMILES string of the molecule is CCCn1ccc2c(cnc3c(-c4ccc(F)cc4)c(COC)nn32)c1=O. The molecular weight excluding hydrogens is 347 g/mol. The van der Waals surface area contributed by atoms with Crippen LogP contribution in [0.1, 0.15) is 19.0 Å². The summed E-state index contributed by atoms with van der Waals surface area (Å²) in [4.78, 5) is 17.2. The van der Waals surface area contributed by atoms with Crippen LogP contribution in [0.15, 0.2) is 47.5 Å². The van der Waals surface area contributed by atoms with E-state index in [0.717, 1.165) is 17.5 Å². The normalized spacial score (nSPS) is 11.5. The van der Waals surface area contributed by atoms with Gasteiger partial charge in [0.25, 0.3) is 5.56 Å². The Morgan fingerprint density at radius 1 is 1.19 bits per heavy atom. The van der Waals surface area contributed by atoms with Crippen molar-refractivity contribution in [1.82, 2.24) is 19.2 Å². The Labute approximate surface area is 154 Å². The van der Waals surface area contributed by atoms with E-state index in [9.17, 15) is 9.18 Å². The molecule has 1 aromatic carbocycles. The zero-order chi connectivity index (χ0) is 19.0. The van der Waals surface area contributed by atoms with Crippen LogP contribution >= 0.6 is 0 Å². The van der Waals surface area contributed by atoms with Crippen LogP contribution in [0, 0.1) is 5.82 Å². The summed E-state index contributed by atoms with van der Waals surface area (Å²) in [5.74, 6) is -0.307. The average molecular weight is 366 g/mol. The summed E-state index contributed by atoms with van der Waals surface area (Å²) in [6.45, 7) is 2.96. The maximum atomic E-state index is 13.3. The molecule has 0 spiro atoms. The van der Waals surface area contributed by atoms with E-state index >= 15 is 0 Å². The quantitative estimate of drug-likeness (QED) is 0.543. The molecule has 27 heavy (non-hydrogen) atoms. The molecule has 0 bridgehead atoms. The minimum atomic E-state index is -0.307. The maximum Gasteiger partial charge on any atom is 0.261 e. The highest BCUT2D eigenvalue weighted by Crippen LogP contribution is 2.29. The van der Waals surface area contributed by atoms with E-state index in [1.165, 1.54) is 12.1 Å². The molecule has 0 saturated heterocycles. The van der Waals surface area contributed by atoms with E-state index < -0.39 is 0 Å². The second-order valence-electron chi connectivity index (χ2n) is 6.37. The van der Waals surface area contributed by atoms with Gasteiger partial charge in [-0.3, -0.25) is 4.79 Å². The summed E-state index contributed by atoms with van der Waals surface area (Å²) in [6.07, 6.45) is 4.24. The number of rotatable bonds is 5. The van der Waals surface area contributed by atoms with Gasteiger partial charge in [-0.25, -0.2) is 13.9 Å². The number of aryl methyl sites for hydroxylation is 1. The lowest BCUT2D eigenvalue weighted by Gasteiger charge is -2.07. The van der Waals surface area contributed by atoms with Crippen molar-refractivity contribution < 1.29 is 9.13 Å². The van der Waals surface area contributed by atoms with E-state index in [2.05, 4.69) is 10.1 Å². The van der Waals surface area contributed by atoms with Crippen molar-refractivity contribution in [2.45, 2.75) is 26.5 Å². The lowest BCUT2D eigenvalue weighted by atomic mass is 10.1. The fraction of sp³-hybridized carbons (Fsp3) is 0.250. The Bertz CT molecular complexity index is 1180. The average Bonchev–Trinajstić information content (AvgIpc) is 3.03. The molecule has 0 radical (unpaired) electrons. The van der Waals surface area contributed by atoms with Gasteiger partial charge in [-0.2, -0.15) is 5.10 Å². The number of hydrogen-bond donors (Lipinski definition) is 0. The number of methoxy groups -OCH3 is 1. The van der Waals surface area contributed by atoms with Gasteiger partial charge < -0.3 is 9.30 Å². The molecule has 3 heterocycles. The number of benzene rings is 1. The molecule has 0 aliphatic carbocycles. The van der Waals surface area contributed by atoms with Gasteiger partial charge in [0.1, 0.15) is 5.82 Å². The van der Waals surface area contributed by atoms with Crippen molar-refractivity contribution in [3.05, 3.63) is 64.6 Å². The second kappa shape index (κ2) is 6.92. The third-order valence-electron chi connectivity index (χ3n) is 4.54. The van der Waals surface area contributed by atoms with Crippen LogP contribution in [-0.4, -0.2) is 26.3 Å². The second-order valence-corrected chi connectivity index (χ2v) is 6.37. The van der Waals surface area contributed by atoms with Crippen LogP contribution in [0.4, 0.5) is 4.39 Å². The first-order valence-electron chi connectivity index (χ1n) is 8.78. The van der Waals surface area contributed by atoms with Crippen LogP contribution in [0.25, 0.3) is 27.7 Å². The van der Waals surface area contributed by atoms with Gasteiger partial charge >= 0.3 is 0 Å². The molecule has 4 rings (SSSR count). The largest absolute Gasteiger partial charge is 0.378 e. The first-order valence-corrected chi connectivity index (χ1v) is 8.78. The standard InChI is InChI=1S/C20H19FN4O2/c1-3-9-24-10-8-17-15(20(24)26)11-22-19-18(13-4-6-14(21)7-5-13)16(12-27-2)23-25(17)19/h4-8,10-11H,3,9,12H2,1-2H3. The van der Waals surface area contributed by atoms with Crippen molar-refractivity contribution >= 4 is 16.6 Å². The molecule has 3 aromatic heterocycles. The van der Waals surface area contributed by atoms with Gasteiger partial charge in [0.15, 0.2) is 5.65 Å². The monoisotopic (exact) mass is 366 g/mol. The molecule has 6 nitrogen and oxygen atoms in total. The van der Waals surface area contributed by atoms with E-state index in [1.54, 1.807) is 40.7 Å². The highest BCUT2D eigenvalue weighted by atomic mass is 19.1. The minimum absolute atomic E-state index is 0.0872. The summed E-state index contributed by atoms with van der Waals surface area (Å²) < 4.78 is 22.0. The summed E-state index contributed by atoms with van der Waals surface area (Å²) in [5, 5.41) is 5.14. The molecule has 0 fully saturated rings. The molecule has 0 amide bonds. The smallest absolute Gasteiger partial charge is 0.261 e. The Balaban J connectivity index is 2.02. The Morgan fingerprint density at radius 3 is 2.67 bits per heavy atom. The molecule has 0 unspecified atom stereocenters. The maximum absolute atomic E-state index is 13.3. The fourth-order valence-electron chi connectivity index (χ4n) is 3.32. The van der Waals surface area contributed by atoms with Crippen LogP contribution < -0.4 is 5.56 Å². The Kier molecular flexibility index (Phi) is 4.45. The van der Waals surface area contributed by atoms with E-state index in [4.69, 9.17) is 4.74 Å². The summed E-state index contributed by atoms with van der Waals surface area (Å²) >= 11 is 0. The molecule has 138 valence electrons. The summed E-state index contributed by atoms with van der Waals surface area (Å²) in [7, 11) is 1.59. The number of fused-ring (bicyclic) bond motifs is 3. The number of halogens is 1. The summed E-state index contributed by atoms with van der Waals surface area (Å²) in [5.41, 5.74) is 3.45. The van der Waals surface area contributed by atoms with Crippen molar-refractivity contribution in [3.8, 4) is 11.1 Å². The molecule has 0 atom stereocenters. The van der Waals surface area contributed by atoms with E-state index in [-0.39, 0.29) is 18.0 Å². The van der Waals surface area contributed by atoms with Crippen LogP contribution in [-0.2, 0) is 17.9 Å². The number of ether oxygens (including phenoxy) is 1. The van der Waals surface area contributed by atoms with Crippen molar-refractivity contribution in [2.75, 3.05) is 7.11 Å². The van der Waals surface area contributed by atoms with Gasteiger partial charge in [-0.15, -0.1) is 0 Å². The lowest BCUT2D eigenvalue weighted by molar-refractivity contribution is 0.181. The zero-order valence-electron chi connectivity index (χ0n) is 15.1. The molecule has 0 saturated carbocycles. The Hall–Kier alpha value is -3.06. The third kappa shape index (κ3) is 2.90. The Morgan fingerprint density at radius 2 is 1.96 bits per heavy atom. The predicted molar refractivity (Wildman–Crippen MR) is 101 cm³/mol. The summed E-state index contributed by atoms with van der Waals surface area (Å²) in [6, 6.07) is 8.06. The molecule has 0 aliphatic heterocycles. The van der Waals surface area contributed by atoms with Gasteiger partial charge in [-0.1, -0.05) is 19.1 Å².